The number of hydrazone groups is 1. The predicted molar refractivity (Wildman–Crippen MR) is 69.3 cm³/mol. The molecule has 7 nitrogen and oxygen atoms in total. The van der Waals surface area contributed by atoms with Crippen LogP contribution in [0.3, 0.4) is 0 Å². The third-order valence-corrected chi connectivity index (χ3v) is 3.42. The maximum Gasteiger partial charge on any atom is 0.338 e. The number of anilines is 1. The van der Waals surface area contributed by atoms with E-state index in [2.05, 4.69) is 10.4 Å². The van der Waals surface area contributed by atoms with Gasteiger partial charge in [0, 0.05) is 19.9 Å². The lowest BCUT2D eigenvalue weighted by Gasteiger charge is -2.18. The Hall–Kier alpha value is -2.22. The minimum Gasteiger partial charge on any atom is -0.478 e. The van der Waals surface area contributed by atoms with Crippen molar-refractivity contribution in [3.8, 4) is 0 Å². The predicted octanol–water partition coefficient (Wildman–Crippen LogP) is 0.993. The highest BCUT2D eigenvalue weighted by Crippen LogP contribution is 2.23. The monoisotopic (exact) mass is 281 g/mol. The number of hydrogen-bond acceptors (Lipinski definition) is 5. The van der Waals surface area contributed by atoms with Gasteiger partial charge in [0.2, 0.25) is 5.91 Å². The number of carbonyl (C=O) groups excluding carboxylic acids is 2. The van der Waals surface area contributed by atoms with Crippen molar-refractivity contribution in [1.29, 1.82) is 0 Å². The molecule has 0 aliphatic carbocycles. The maximum atomic E-state index is 11.9. The average molecular weight is 281 g/mol. The fraction of sp³-hybridized carbons (Fsp3) is 0.273. The SMILES string of the molecule is CN1N=C(C(=O)Nc2sccc2C(=O)O)CCC1=O. The largest absolute Gasteiger partial charge is 0.478 e. The Labute approximate surface area is 112 Å². The quantitative estimate of drug-likeness (QED) is 0.863. The van der Waals surface area contributed by atoms with Crippen molar-refractivity contribution >= 4 is 39.8 Å². The van der Waals surface area contributed by atoms with Gasteiger partial charge in [0.25, 0.3) is 5.91 Å². The van der Waals surface area contributed by atoms with Crippen LogP contribution in [-0.4, -0.2) is 40.7 Å². The van der Waals surface area contributed by atoms with E-state index in [1.807, 2.05) is 0 Å². The lowest BCUT2D eigenvalue weighted by Crippen LogP contribution is -2.34. The van der Waals surface area contributed by atoms with Gasteiger partial charge in [-0.2, -0.15) is 5.10 Å². The maximum absolute atomic E-state index is 11.9. The van der Waals surface area contributed by atoms with E-state index in [0.717, 1.165) is 16.3 Å². The minimum atomic E-state index is -1.10. The number of thiophene rings is 1. The topological polar surface area (TPSA) is 99.1 Å². The number of nitrogens with one attached hydrogen (secondary N) is 1. The highest BCUT2D eigenvalue weighted by Gasteiger charge is 2.23. The molecular formula is C11H11N3O4S. The molecule has 2 amide bonds. The lowest BCUT2D eigenvalue weighted by atomic mass is 10.1. The number of aromatic carboxylic acids is 1. The van der Waals surface area contributed by atoms with Gasteiger partial charge in [0.1, 0.15) is 10.7 Å². The van der Waals surface area contributed by atoms with Crippen LogP contribution < -0.4 is 5.32 Å². The van der Waals surface area contributed by atoms with Crippen molar-refractivity contribution in [2.75, 3.05) is 12.4 Å². The van der Waals surface area contributed by atoms with E-state index >= 15 is 0 Å². The first kappa shape index (κ1) is 13.2. The first-order valence-corrected chi connectivity index (χ1v) is 6.33. The van der Waals surface area contributed by atoms with Gasteiger partial charge in [-0.1, -0.05) is 0 Å². The van der Waals surface area contributed by atoms with Crippen LogP contribution in [0, 0.1) is 0 Å². The molecular weight excluding hydrogens is 270 g/mol. The van der Waals surface area contributed by atoms with Crippen molar-refractivity contribution in [3.63, 3.8) is 0 Å². The molecule has 0 fully saturated rings. The summed E-state index contributed by atoms with van der Waals surface area (Å²) in [5, 5.41) is 18.3. The zero-order valence-corrected chi connectivity index (χ0v) is 10.9. The van der Waals surface area contributed by atoms with Gasteiger partial charge in [-0.25, -0.2) is 9.80 Å². The van der Waals surface area contributed by atoms with E-state index in [-0.39, 0.29) is 35.0 Å². The molecule has 0 aromatic carbocycles. The van der Waals surface area contributed by atoms with Gasteiger partial charge in [-0.15, -0.1) is 11.3 Å². The molecule has 2 N–H and O–H groups in total. The fourth-order valence-electron chi connectivity index (χ4n) is 1.58. The molecule has 0 radical (unpaired) electrons. The summed E-state index contributed by atoms with van der Waals surface area (Å²) < 4.78 is 0. The highest BCUT2D eigenvalue weighted by molar-refractivity contribution is 7.14. The Kier molecular flexibility index (Phi) is 3.61. The number of hydrogen-bond donors (Lipinski definition) is 2. The van der Waals surface area contributed by atoms with Crippen molar-refractivity contribution in [2.45, 2.75) is 12.8 Å². The van der Waals surface area contributed by atoms with Crippen molar-refractivity contribution in [1.82, 2.24) is 5.01 Å². The van der Waals surface area contributed by atoms with Crippen LogP contribution in [0.5, 0.6) is 0 Å². The molecule has 100 valence electrons. The zero-order chi connectivity index (χ0) is 14.0. The highest BCUT2D eigenvalue weighted by atomic mass is 32.1. The van der Waals surface area contributed by atoms with E-state index in [9.17, 15) is 14.4 Å². The van der Waals surface area contributed by atoms with E-state index in [0.29, 0.717) is 0 Å². The van der Waals surface area contributed by atoms with Gasteiger partial charge < -0.3 is 10.4 Å². The molecule has 1 aromatic rings. The Morgan fingerprint density at radius 3 is 2.84 bits per heavy atom. The second kappa shape index (κ2) is 5.19. The Balaban J connectivity index is 2.14. The number of rotatable bonds is 3. The average Bonchev–Trinajstić information content (AvgIpc) is 2.80. The summed E-state index contributed by atoms with van der Waals surface area (Å²) in [6.07, 6.45) is 0.474. The molecule has 0 saturated carbocycles. The number of nitrogens with zero attached hydrogens (tertiary/aromatic N) is 2. The summed E-state index contributed by atoms with van der Waals surface area (Å²) in [6.45, 7) is 0. The third-order valence-electron chi connectivity index (χ3n) is 2.59. The Bertz CT molecular complexity index is 578. The molecule has 0 bridgehead atoms. The van der Waals surface area contributed by atoms with E-state index in [1.54, 1.807) is 5.38 Å². The van der Waals surface area contributed by atoms with Crippen LogP contribution in [-0.2, 0) is 9.59 Å². The molecule has 19 heavy (non-hydrogen) atoms. The van der Waals surface area contributed by atoms with Crippen LogP contribution in [0.1, 0.15) is 23.2 Å². The summed E-state index contributed by atoms with van der Waals surface area (Å²) in [4.78, 5) is 34.1. The van der Waals surface area contributed by atoms with E-state index < -0.39 is 11.9 Å². The van der Waals surface area contributed by atoms with E-state index in [1.165, 1.54) is 13.1 Å². The summed E-state index contributed by atoms with van der Waals surface area (Å²) in [7, 11) is 1.47. The molecule has 1 aliphatic heterocycles. The Morgan fingerprint density at radius 2 is 2.21 bits per heavy atom. The van der Waals surface area contributed by atoms with Crippen molar-refractivity contribution in [2.24, 2.45) is 5.10 Å². The smallest absolute Gasteiger partial charge is 0.338 e. The Morgan fingerprint density at radius 1 is 1.47 bits per heavy atom. The van der Waals surface area contributed by atoms with Crippen molar-refractivity contribution in [3.05, 3.63) is 17.0 Å². The van der Waals surface area contributed by atoms with Crippen LogP contribution in [0.15, 0.2) is 16.5 Å². The minimum absolute atomic E-state index is 0.0409. The van der Waals surface area contributed by atoms with Gasteiger partial charge in [-0.3, -0.25) is 9.59 Å². The lowest BCUT2D eigenvalue weighted by molar-refractivity contribution is -0.130. The standard InChI is InChI=1S/C11H11N3O4S/c1-14-8(15)3-2-7(13-14)9(16)12-10-6(11(17)18)4-5-19-10/h4-5H,2-3H2,1H3,(H,12,16)(H,17,18). The second-order valence-corrected chi connectivity index (χ2v) is 4.80. The first-order chi connectivity index (χ1) is 8.99. The molecule has 0 saturated heterocycles. The first-order valence-electron chi connectivity index (χ1n) is 5.45. The van der Waals surface area contributed by atoms with Gasteiger partial charge in [0.05, 0.1) is 5.56 Å². The molecule has 0 unspecified atom stereocenters. The zero-order valence-electron chi connectivity index (χ0n) is 10.0. The van der Waals surface area contributed by atoms with Crippen LogP contribution in [0.25, 0.3) is 0 Å². The number of carboxylic acid groups (broad SMARTS) is 1. The molecule has 0 spiro atoms. The summed E-state index contributed by atoms with van der Waals surface area (Å²) in [5.74, 6) is -1.74. The number of carbonyl (C=O) groups is 3. The molecule has 8 heteroatoms. The molecule has 1 aromatic heterocycles. The van der Waals surface area contributed by atoms with Crippen LogP contribution in [0.4, 0.5) is 5.00 Å². The molecule has 2 heterocycles. The number of carboxylic acids is 1. The molecule has 2 rings (SSSR count). The van der Waals surface area contributed by atoms with Gasteiger partial charge >= 0.3 is 5.97 Å². The second-order valence-electron chi connectivity index (χ2n) is 3.89. The van der Waals surface area contributed by atoms with Gasteiger partial charge in [0.15, 0.2) is 0 Å². The van der Waals surface area contributed by atoms with E-state index in [4.69, 9.17) is 5.11 Å². The number of amides is 2. The summed E-state index contributed by atoms with van der Waals surface area (Å²) in [6, 6.07) is 1.42. The fourth-order valence-corrected chi connectivity index (χ4v) is 2.36. The summed E-state index contributed by atoms with van der Waals surface area (Å²) in [5.41, 5.74) is 0.256. The van der Waals surface area contributed by atoms with Crippen molar-refractivity contribution < 1.29 is 19.5 Å². The molecule has 1 aliphatic rings. The molecule has 0 atom stereocenters. The third kappa shape index (κ3) is 2.79. The van der Waals surface area contributed by atoms with Gasteiger partial charge in [-0.05, 0) is 11.4 Å². The van der Waals surface area contributed by atoms with Crippen LogP contribution in [0.2, 0.25) is 0 Å². The normalized spacial score (nSPS) is 15.1. The van der Waals surface area contributed by atoms with Crippen LogP contribution >= 0.6 is 11.3 Å². The summed E-state index contributed by atoms with van der Waals surface area (Å²) >= 11 is 1.12.